The van der Waals surface area contributed by atoms with Gasteiger partial charge in [-0.1, -0.05) is 6.07 Å². The second-order valence-electron chi connectivity index (χ2n) is 4.39. The molecule has 1 unspecified atom stereocenters. The standard InChI is InChI=1S/C13H18N2OS/c16-13(8-11-4-3-7-17-10-11)15-9-12-5-1-2-6-14-12/h1-2,5-6,11H,3-4,7-10H2,(H,15,16). The maximum Gasteiger partial charge on any atom is 0.220 e. The molecule has 1 aromatic heterocycles. The van der Waals surface area contributed by atoms with Crippen LogP contribution in [0.3, 0.4) is 0 Å². The molecule has 2 heterocycles. The number of carbonyl (C=O) groups is 1. The van der Waals surface area contributed by atoms with Gasteiger partial charge in [-0.3, -0.25) is 9.78 Å². The summed E-state index contributed by atoms with van der Waals surface area (Å²) in [6, 6.07) is 5.74. The largest absolute Gasteiger partial charge is 0.350 e. The van der Waals surface area contributed by atoms with Crippen LogP contribution >= 0.6 is 11.8 Å². The number of pyridine rings is 1. The van der Waals surface area contributed by atoms with E-state index >= 15 is 0 Å². The number of nitrogens with zero attached hydrogens (tertiary/aromatic N) is 1. The monoisotopic (exact) mass is 250 g/mol. The summed E-state index contributed by atoms with van der Waals surface area (Å²) in [4.78, 5) is 15.9. The van der Waals surface area contributed by atoms with Gasteiger partial charge in [0.2, 0.25) is 5.91 Å². The molecule has 0 bridgehead atoms. The van der Waals surface area contributed by atoms with E-state index in [4.69, 9.17) is 0 Å². The van der Waals surface area contributed by atoms with Crippen molar-refractivity contribution in [2.45, 2.75) is 25.8 Å². The minimum atomic E-state index is 0.156. The fraction of sp³-hybridized carbons (Fsp3) is 0.538. The van der Waals surface area contributed by atoms with E-state index in [1.165, 1.54) is 18.6 Å². The molecule has 0 aliphatic carbocycles. The smallest absolute Gasteiger partial charge is 0.220 e. The first-order valence-corrected chi connectivity index (χ1v) is 7.24. The molecule has 3 nitrogen and oxygen atoms in total. The number of aromatic nitrogens is 1. The van der Waals surface area contributed by atoms with Crippen molar-refractivity contribution in [1.29, 1.82) is 0 Å². The summed E-state index contributed by atoms with van der Waals surface area (Å²) in [6.07, 6.45) is 4.87. The van der Waals surface area contributed by atoms with E-state index < -0.39 is 0 Å². The third-order valence-electron chi connectivity index (χ3n) is 2.92. The number of amides is 1. The van der Waals surface area contributed by atoms with Crippen LogP contribution in [0, 0.1) is 5.92 Å². The molecule has 0 aromatic carbocycles. The second kappa shape index (κ2) is 6.64. The molecule has 1 atom stereocenters. The van der Waals surface area contributed by atoms with Crippen molar-refractivity contribution in [3.05, 3.63) is 30.1 Å². The predicted molar refractivity (Wildman–Crippen MR) is 70.7 cm³/mol. The molecule has 1 aromatic rings. The molecule has 0 radical (unpaired) electrons. The van der Waals surface area contributed by atoms with E-state index in [0.717, 1.165) is 11.4 Å². The fourth-order valence-electron chi connectivity index (χ4n) is 1.99. The first-order valence-electron chi connectivity index (χ1n) is 6.09. The molecule has 0 saturated carbocycles. The highest BCUT2D eigenvalue weighted by atomic mass is 32.2. The van der Waals surface area contributed by atoms with Gasteiger partial charge in [-0.25, -0.2) is 0 Å². The molecule has 1 N–H and O–H groups in total. The molecule has 17 heavy (non-hydrogen) atoms. The summed E-state index contributed by atoms with van der Waals surface area (Å²) in [6.45, 7) is 0.541. The number of rotatable bonds is 4. The lowest BCUT2D eigenvalue weighted by Crippen LogP contribution is -2.27. The molecule has 92 valence electrons. The van der Waals surface area contributed by atoms with Crippen LogP contribution in [0.15, 0.2) is 24.4 Å². The summed E-state index contributed by atoms with van der Waals surface area (Å²) in [7, 11) is 0. The summed E-state index contributed by atoms with van der Waals surface area (Å²) >= 11 is 1.97. The molecule has 1 aliphatic heterocycles. The van der Waals surface area contributed by atoms with Crippen molar-refractivity contribution in [3.8, 4) is 0 Å². The van der Waals surface area contributed by atoms with Crippen LogP contribution in [0.1, 0.15) is 25.0 Å². The van der Waals surface area contributed by atoms with E-state index in [2.05, 4.69) is 10.3 Å². The van der Waals surface area contributed by atoms with Crippen molar-refractivity contribution >= 4 is 17.7 Å². The van der Waals surface area contributed by atoms with Gasteiger partial charge in [-0.2, -0.15) is 11.8 Å². The van der Waals surface area contributed by atoms with Gasteiger partial charge in [-0.15, -0.1) is 0 Å². The molecule has 2 rings (SSSR count). The number of carbonyl (C=O) groups excluding carboxylic acids is 1. The van der Waals surface area contributed by atoms with Gasteiger partial charge in [0.15, 0.2) is 0 Å². The van der Waals surface area contributed by atoms with Crippen molar-refractivity contribution in [2.75, 3.05) is 11.5 Å². The predicted octanol–water partition coefficient (Wildman–Crippen LogP) is 2.23. The van der Waals surface area contributed by atoms with E-state index in [0.29, 0.717) is 18.9 Å². The topological polar surface area (TPSA) is 42.0 Å². The Kier molecular flexibility index (Phi) is 4.86. The minimum Gasteiger partial charge on any atom is -0.350 e. The van der Waals surface area contributed by atoms with E-state index in [-0.39, 0.29) is 5.91 Å². The first-order chi connectivity index (χ1) is 8.34. The van der Waals surface area contributed by atoms with Crippen LogP contribution in [-0.4, -0.2) is 22.4 Å². The average molecular weight is 250 g/mol. The first kappa shape index (κ1) is 12.4. The Morgan fingerprint density at radius 2 is 2.47 bits per heavy atom. The lowest BCUT2D eigenvalue weighted by Gasteiger charge is -2.20. The molecule has 1 aliphatic rings. The van der Waals surface area contributed by atoms with Crippen LogP contribution in [0.2, 0.25) is 0 Å². The second-order valence-corrected chi connectivity index (χ2v) is 5.53. The SMILES string of the molecule is O=C(CC1CCCSC1)NCc1ccccn1. The summed E-state index contributed by atoms with van der Waals surface area (Å²) < 4.78 is 0. The third kappa shape index (κ3) is 4.38. The van der Waals surface area contributed by atoms with Crippen LogP contribution < -0.4 is 5.32 Å². The van der Waals surface area contributed by atoms with E-state index in [1.54, 1.807) is 6.20 Å². The zero-order valence-corrected chi connectivity index (χ0v) is 10.7. The molecule has 0 spiro atoms. The van der Waals surface area contributed by atoms with E-state index in [1.807, 2.05) is 30.0 Å². The minimum absolute atomic E-state index is 0.156. The van der Waals surface area contributed by atoms with Gasteiger partial charge in [0.25, 0.3) is 0 Å². The molecular formula is C13H18N2OS. The summed E-state index contributed by atoms with van der Waals surface area (Å²) in [5, 5.41) is 2.94. The van der Waals surface area contributed by atoms with Gasteiger partial charge in [0, 0.05) is 12.6 Å². The Bertz CT molecular complexity index is 350. The van der Waals surface area contributed by atoms with Crippen molar-refractivity contribution in [3.63, 3.8) is 0 Å². The molecule has 1 saturated heterocycles. The van der Waals surface area contributed by atoms with Crippen molar-refractivity contribution in [1.82, 2.24) is 10.3 Å². The Labute approximate surface area is 106 Å². The highest BCUT2D eigenvalue weighted by Gasteiger charge is 2.17. The Morgan fingerprint density at radius 1 is 1.53 bits per heavy atom. The maximum absolute atomic E-state index is 11.7. The molecular weight excluding hydrogens is 232 g/mol. The summed E-state index contributed by atoms with van der Waals surface area (Å²) in [5.74, 6) is 3.11. The number of hydrogen-bond donors (Lipinski definition) is 1. The summed E-state index contributed by atoms with van der Waals surface area (Å²) in [5.41, 5.74) is 0.916. The zero-order chi connectivity index (χ0) is 11.9. The Hall–Kier alpha value is -1.03. The van der Waals surface area contributed by atoms with Crippen molar-refractivity contribution in [2.24, 2.45) is 5.92 Å². The third-order valence-corrected chi connectivity index (χ3v) is 4.21. The maximum atomic E-state index is 11.7. The van der Waals surface area contributed by atoms with Gasteiger partial charge in [0.05, 0.1) is 12.2 Å². The van der Waals surface area contributed by atoms with Gasteiger partial charge < -0.3 is 5.32 Å². The van der Waals surface area contributed by atoms with Gasteiger partial charge in [0.1, 0.15) is 0 Å². The highest BCUT2D eigenvalue weighted by Crippen LogP contribution is 2.24. The lowest BCUT2D eigenvalue weighted by atomic mass is 10.0. The van der Waals surface area contributed by atoms with E-state index in [9.17, 15) is 4.79 Å². The normalized spacial score (nSPS) is 19.9. The highest BCUT2D eigenvalue weighted by molar-refractivity contribution is 7.99. The average Bonchev–Trinajstić information content (AvgIpc) is 2.39. The Balaban J connectivity index is 1.70. The number of thioether (sulfide) groups is 1. The van der Waals surface area contributed by atoms with Crippen LogP contribution in [0.4, 0.5) is 0 Å². The fourth-order valence-corrected chi connectivity index (χ4v) is 3.15. The molecule has 1 fully saturated rings. The zero-order valence-electron chi connectivity index (χ0n) is 9.89. The number of hydrogen-bond acceptors (Lipinski definition) is 3. The molecule has 1 amide bonds. The lowest BCUT2D eigenvalue weighted by molar-refractivity contribution is -0.122. The Morgan fingerprint density at radius 3 is 3.18 bits per heavy atom. The quantitative estimate of drug-likeness (QED) is 0.891. The van der Waals surface area contributed by atoms with Crippen LogP contribution in [0.25, 0.3) is 0 Å². The molecule has 4 heteroatoms. The number of nitrogens with one attached hydrogen (secondary N) is 1. The van der Waals surface area contributed by atoms with Crippen molar-refractivity contribution < 1.29 is 4.79 Å². The van der Waals surface area contributed by atoms with Gasteiger partial charge >= 0.3 is 0 Å². The van der Waals surface area contributed by atoms with Crippen LogP contribution in [0.5, 0.6) is 0 Å². The van der Waals surface area contributed by atoms with Crippen LogP contribution in [-0.2, 0) is 11.3 Å². The van der Waals surface area contributed by atoms with Gasteiger partial charge in [-0.05, 0) is 42.4 Å².